The maximum absolute atomic E-state index is 13.4. The average molecular weight is 480 g/mol. The molecule has 2 aliphatic heterocycles. The molecular weight excluding hydrogens is 446 g/mol. The highest BCUT2D eigenvalue weighted by Gasteiger charge is 2.29. The summed E-state index contributed by atoms with van der Waals surface area (Å²) in [6, 6.07) is 5.52. The number of likely N-dealkylation sites (N-methyl/N-ethyl adjacent to an activating group) is 1. The Balaban J connectivity index is 1.48. The van der Waals surface area contributed by atoms with Crippen LogP contribution in [0.2, 0.25) is 0 Å². The lowest BCUT2D eigenvalue weighted by molar-refractivity contribution is -0.111. The first-order valence-corrected chi connectivity index (χ1v) is 11.8. The molecule has 1 atom stereocenters. The normalized spacial score (nSPS) is 18.3. The average Bonchev–Trinajstić information content (AvgIpc) is 3.34. The number of carbonyl (C=O) groups excluding carboxylic acids is 2. The van der Waals surface area contributed by atoms with E-state index in [0.717, 1.165) is 43.9 Å². The Kier molecular flexibility index (Phi) is 7.50. The zero-order valence-electron chi connectivity index (χ0n) is 20.6. The van der Waals surface area contributed by atoms with E-state index in [1.807, 2.05) is 17.9 Å². The van der Waals surface area contributed by atoms with Gasteiger partial charge in [0.1, 0.15) is 0 Å². The summed E-state index contributed by atoms with van der Waals surface area (Å²) in [5, 5.41) is 6.20. The summed E-state index contributed by atoms with van der Waals surface area (Å²) in [5.74, 6) is 0.719. The molecular formula is C25H33N7O3. The van der Waals surface area contributed by atoms with E-state index in [1.54, 1.807) is 25.4 Å². The van der Waals surface area contributed by atoms with Crippen LogP contribution in [-0.2, 0) is 4.79 Å². The molecule has 0 aliphatic carbocycles. The first-order chi connectivity index (χ1) is 16.9. The van der Waals surface area contributed by atoms with Crippen molar-refractivity contribution in [3.8, 4) is 5.88 Å². The molecule has 1 aromatic carbocycles. The van der Waals surface area contributed by atoms with E-state index >= 15 is 0 Å². The predicted molar refractivity (Wildman–Crippen MR) is 136 cm³/mol. The number of ether oxygens (including phenoxy) is 1. The molecule has 2 amide bonds. The minimum atomic E-state index is -0.275. The third-order valence-corrected chi connectivity index (χ3v) is 6.46. The summed E-state index contributed by atoms with van der Waals surface area (Å²) in [5.41, 5.74) is 3.00. The van der Waals surface area contributed by atoms with E-state index in [9.17, 15) is 9.59 Å². The molecule has 2 N–H and O–H groups in total. The van der Waals surface area contributed by atoms with E-state index in [4.69, 9.17) is 4.74 Å². The maximum atomic E-state index is 13.4. The van der Waals surface area contributed by atoms with Gasteiger partial charge in [-0.05, 0) is 44.7 Å². The second-order valence-corrected chi connectivity index (χ2v) is 8.98. The van der Waals surface area contributed by atoms with Crippen LogP contribution in [0, 0.1) is 6.92 Å². The monoisotopic (exact) mass is 479 g/mol. The fourth-order valence-corrected chi connectivity index (χ4v) is 4.39. The lowest BCUT2D eigenvalue weighted by Crippen LogP contribution is -2.44. The number of nitrogens with one attached hydrogen (secondary N) is 2. The van der Waals surface area contributed by atoms with Crippen molar-refractivity contribution in [3.05, 3.63) is 48.2 Å². The van der Waals surface area contributed by atoms with Crippen molar-refractivity contribution >= 4 is 29.1 Å². The number of aryl methyl sites for hydroxylation is 1. The molecule has 10 heteroatoms. The SMILES string of the molecule is C=CC(=O)Nc1ccc(C(=O)N2CC[C@@H](Nc3ncc(C)c(OC)n3)C2)cc1N1CCN(C)CC1. The molecule has 2 aliphatic rings. The van der Waals surface area contributed by atoms with Crippen molar-refractivity contribution in [2.24, 2.45) is 0 Å². The molecule has 3 heterocycles. The van der Waals surface area contributed by atoms with Crippen molar-refractivity contribution in [2.45, 2.75) is 19.4 Å². The predicted octanol–water partition coefficient (Wildman–Crippen LogP) is 2.00. The van der Waals surface area contributed by atoms with E-state index in [0.29, 0.717) is 36.2 Å². The second-order valence-electron chi connectivity index (χ2n) is 8.98. The van der Waals surface area contributed by atoms with Gasteiger partial charge in [0.05, 0.1) is 18.5 Å². The summed E-state index contributed by atoms with van der Waals surface area (Å²) in [7, 11) is 3.67. The number of amides is 2. The highest BCUT2D eigenvalue weighted by molar-refractivity contribution is 6.03. The van der Waals surface area contributed by atoms with E-state index < -0.39 is 0 Å². The number of rotatable bonds is 7. The summed E-state index contributed by atoms with van der Waals surface area (Å²) >= 11 is 0. The number of hydrogen-bond donors (Lipinski definition) is 2. The number of benzene rings is 1. The minimum Gasteiger partial charge on any atom is -0.481 e. The Labute approximate surface area is 206 Å². The number of nitrogens with zero attached hydrogens (tertiary/aromatic N) is 5. The van der Waals surface area contributed by atoms with Crippen molar-refractivity contribution in [2.75, 3.05) is 69.0 Å². The summed E-state index contributed by atoms with van der Waals surface area (Å²) in [6.07, 6.45) is 3.76. The fourth-order valence-electron chi connectivity index (χ4n) is 4.39. The van der Waals surface area contributed by atoms with Crippen LogP contribution < -0.4 is 20.3 Å². The number of aromatic nitrogens is 2. The van der Waals surface area contributed by atoms with Crippen LogP contribution in [0.5, 0.6) is 5.88 Å². The molecule has 2 aromatic rings. The van der Waals surface area contributed by atoms with Gasteiger partial charge < -0.3 is 30.1 Å². The standard InChI is InChI=1S/C25H33N7O3/c1-5-22(33)28-20-7-6-18(14-21(20)31-12-10-30(3)11-13-31)24(34)32-9-8-19(16-32)27-25-26-15-17(2)23(29-25)35-4/h5-7,14-15,19H,1,8-13,16H2,2-4H3,(H,28,33)(H,26,27,29)/t19-/m1/s1. The van der Waals surface area contributed by atoms with Gasteiger partial charge in [0.2, 0.25) is 17.7 Å². The Morgan fingerprint density at radius 3 is 2.69 bits per heavy atom. The number of methoxy groups -OCH3 is 1. The van der Waals surface area contributed by atoms with Gasteiger partial charge >= 0.3 is 0 Å². The van der Waals surface area contributed by atoms with Crippen molar-refractivity contribution in [1.82, 2.24) is 19.8 Å². The minimum absolute atomic E-state index is 0.0336. The first-order valence-electron chi connectivity index (χ1n) is 11.8. The number of carbonyl (C=O) groups is 2. The topological polar surface area (TPSA) is 103 Å². The van der Waals surface area contributed by atoms with Gasteiger partial charge in [-0.1, -0.05) is 6.58 Å². The molecule has 2 saturated heterocycles. The number of hydrogen-bond acceptors (Lipinski definition) is 8. The van der Waals surface area contributed by atoms with Crippen LogP contribution in [0.4, 0.5) is 17.3 Å². The molecule has 10 nitrogen and oxygen atoms in total. The van der Waals surface area contributed by atoms with Crippen LogP contribution in [0.1, 0.15) is 22.3 Å². The Morgan fingerprint density at radius 2 is 1.97 bits per heavy atom. The van der Waals surface area contributed by atoms with Crippen LogP contribution in [0.3, 0.4) is 0 Å². The lowest BCUT2D eigenvalue weighted by atomic mass is 10.1. The number of piperazine rings is 1. The lowest BCUT2D eigenvalue weighted by Gasteiger charge is -2.35. The van der Waals surface area contributed by atoms with Crippen molar-refractivity contribution in [3.63, 3.8) is 0 Å². The fraction of sp³-hybridized carbons (Fsp3) is 0.440. The van der Waals surface area contributed by atoms with Gasteiger partial charge in [-0.25, -0.2) is 4.98 Å². The third kappa shape index (κ3) is 5.71. The van der Waals surface area contributed by atoms with Gasteiger partial charge in [-0.3, -0.25) is 9.59 Å². The Hall–Kier alpha value is -3.66. The first kappa shape index (κ1) is 24.5. The molecule has 35 heavy (non-hydrogen) atoms. The van der Waals surface area contributed by atoms with Gasteiger partial charge in [-0.2, -0.15) is 4.98 Å². The number of likely N-dealkylation sites (tertiary alicyclic amines) is 1. The molecule has 0 unspecified atom stereocenters. The van der Waals surface area contributed by atoms with Crippen LogP contribution in [0.25, 0.3) is 0 Å². The maximum Gasteiger partial charge on any atom is 0.254 e. The molecule has 0 radical (unpaired) electrons. The quantitative estimate of drug-likeness (QED) is 0.582. The smallest absolute Gasteiger partial charge is 0.254 e. The highest BCUT2D eigenvalue weighted by Crippen LogP contribution is 2.30. The molecule has 186 valence electrons. The van der Waals surface area contributed by atoms with Crippen LogP contribution >= 0.6 is 0 Å². The number of anilines is 3. The molecule has 0 saturated carbocycles. The van der Waals surface area contributed by atoms with Crippen molar-refractivity contribution < 1.29 is 14.3 Å². The van der Waals surface area contributed by atoms with Gasteiger partial charge in [-0.15, -0.1) is 0 Å². The van der Waals surface area contributed by atoms with E-state index in [1.165, 1.54) is 6.08 Å². The molecule has 0 bridgehead atoms. The Morgan fingerprint density at radius 1 is 1.20 bits per heavy atom. The Bertz CT molecular complexity index is 1100. The molecule has 0 spiro atoms. The van der Waals surface area contributed by atoms with E-state index in [2.05, 4.69) is 44.0 Å². The highest BCUT2D eigenvalue weighted by atomic mass is 16.5. The molecule has 1 aromatic heterocycles. The van der Waals surface area contributed by atoms with Gasteiger partial charge in [0, 0.05) is 62.6 Å². The van der Waals surface area contributed by atoms with E-state index in [-0.39, 0.29) is 17.9 Å². The van der Waals surface area contributed by atoms with Crippen molar-refractivity contribution in [1.29, 1.82) is 0 Å². The molecule has 2 fully saturated rings. The van der Waals surface area contributed by atoms with Crippen LogP contribution in [0.15, 0.2) is 37.1 Å². The summed E-state index contributed by atoms with van der Waals surface area (Å²) in [4.78, 5) is 40.4. The van der Waals surface area contributed by atoms with Crippen LogP contribution in [-0.4, -0.2) is 91.0 Å². The molecule has 4 rings (SSSR count). The summed E-state index contributed by atoms with van der Waals surface area (Å²) in [6.45, 7) is 10.1. The van der Waals surface area contributed by atoms with Gasteiger partial charge in [0.15, 0.2) is 0 Å². The summed E-state index contributed by atoms with van der Waals surface area (Å²) < 4.78 is 5.28. The third-order valence-electron chi connectivity index (χ3n) is 6.46. The largest absolute Gasteiger partial charge is 0.481 e. The zero-order chi connectivity index (χ0) is 24.9. The zero-order valence-corrected chi connectivity index (χ0v) is 20.6. The van der Waals surface area contributed by atoms with Gasteiger partial charge in [0.25, 0.3) is 5.91 Å². The second kappa shape index (κ2) is 10.7.